The van der Waals surface area contributed by atoms with Crippen LogP contribution in [0.4, 0.5) is 0 Å². The number of aliphatic hydroxyl groups is 2. The lowest BCUT2D eigenvalue weighted by Crippen LogP contribution is -2.42. The molecule has 2 rings (SSSR count). The number of hydrogen-bond acceptors (Lipinski definition) is 4. The summed E-state index contributed by atoms with van der Waals surface area (Å²) in [7, 11) is 0. The molecule has 0 atom stereocenters. The van der Waals surface area contributed by atoms with Crippen LogP contribution in [0.15, 0.2) is 49.1 Å². The number of nitrogens with zero attached hydrogens (tertiary/aromatic N) is 2. The van der Waals surface area contributed by atoms with Gasteiger partial charge < -0.3 is 19.7 Å². The first-order chi connectivity index (χ1) is 18.1. The molecule has 0 aromatic carbocycles. The molecule has 208 valence electrons. The molecule has 6 nitrogen and oxygen atoms in total. The minimum Gasteiger partial charge on any atom is -0.487 e. The summed E-state index contributed by atoms with van der Waals surface area (Å²) < 4.78 is 16.4. The summed E-state index contributed by atoms with van der Waals surface area (Å²) in [5, 5.41) is 20.2. The number of pyridine rings is 2. The highest BCUT2D eigenvalue weighted by Gasteiger charge is 2.32. The zero-order chi connectivity index (χ0) is 26.6. The summed E-state index contributed by atoms with van der Waals surface area (Å²) >= 11 is 0. The van der Waals surface area contributed by atoms with Crippen molar-refractivity contribution in [3.8, 4) is 11.5 Å². The number of unbranched alkanes of at least 4 members (excludes halogenated alkanes) is 10. The number of rotatable bonds is 22. The zero-order valence-electron chi connectivity index (χ0n) is 23.5. The first kappa shape index (κ1) is 31.0. The minimum absolute atomic E-state index is 0.172. The average Bonchev–Trinajstić information content (AvgIpc) is 2.93. The minimum atomic E-state index is -0.889. The molecule has 2 aromatic heterocycles. The van der Waals surface area contributed by atoms with Gasteiger partial charge in [0.2, 0.25) is 12.4 Å². The third-order valence-electron chi connectivity index (χ3n) is 6.96. The van der Waals surface area contributed by atoms with Crippen molar-refractivity contribution in [2.75, 3.05) is 26.4 Å². The molecule has 37 heavy (non-hydrogen) atoms. The van der Waals surface area contributed by atoms with Crippen LogP contribution in [-0.2, 0) is 13.1 Å². The third-order valence-corrected chi connectivity index (χ3v) is 6.96. The topological polar surface area (TPSA) is 66.7 Å². The van der Waals surface area contributed by atoms with Gasteiger partial charge in [-0.1, -0.05) is 65.2 Å². The molecule has 2 N–H and O–H groups in total. The van der Waals surface area contributed by atoms with E-state index in [0.29, 0.717) is 0 Å². The number of ether oxygens (including phenoxy) is 2. The first-order valence-corrected chi connectivity index (χ1v) is 14.6. The van der Waals surface area contributed by atoms with E-state index in [1.807, 2.05) is 36.7 Å². The van der Waals surface area contributed by atoms with Crippen LogP contribution < -0.4 is 18.6 Å². The van der Waals surface area contributed by atoms with Crippen molar-refractivity contribution in [3.05, 3.63) is 49.1 Å². The fourth-order valence-corrected chi connectivity index (χ4v) is 4.34. The summed E-state index contributed by atoms with van der Waals surface area (Å²) in [4.78, 5) is 0. The highest BCUT2D eigenvalue weighted by molar-refractivity contribution is 5.14. The smallest absolute Gasteiger partial charge is 0.211 e. The van der Waals surface area contributed by atoms with E-state index in [-0.39, 0.29) is 26.4 Å². The summed E-state index contributed by atoms with van der Waals surface area (Å²) in [5.74, 6) is 1.47. The Morgan fingerprint density at radius 2 is 1.03 bits per heavy atom. The summed E-state index contributed by atoms with van der Waals surface area (Å²) in [5.41, 5.74) is -0.889. The zero-order valence-corrected chi connectivity index (χ0v) is 23.5. The molecule has 2 aromatic rings. The van der Waals surface area contributed by atoms with Gasteiger partial charge in [-0.2, -0.15) is 0 Å². The Kier molecular flexibility index (Phi) is 15.9. The quantitative estimate of drug-likeness (QED) is 0.162. The number of aromatic nitrogens is 2. The second-order valence-corrected chi connectivity index (χ2v) is 10.5. The summed E-state index contributed by atoms with van der Waals surface area (Å²) in [6, 6.07) is 7.80. The van der Waals surface area contributed by atoms with Crippen molar-refractivity contribution in [2.45, 2.75) is 104 Å². The fourth-order valence-electron chi connectivity index (χ4n) is 4.34. The molecular weight excluding hydrogens is 464 g/mol. The molecule has 0 aliphatic carbocycles. The van der Waals surface area contributed by atoms with Gasteiger partial charge in [0, 0.05) is 25.0 Å². The predicted molar refractivity (Wildman–Crippen MR) is 148 cm³/mol. The van der Waals surface area contributed by atoms with Crippen molar-refractivity contribution in [1.82, 2.24) is 0 Å². The average molecular weight is 517 g/mol. The Balaban J connectivity index is 1.82. The fraction of sp³-hybridized carbons (Fsp3) is 0.677. The summed E-state index contributed by atoms with van der Waals surface area (Å²) in [6.07, 6.45) is 23.3. The Morgan fingerprint density at radius 3 is 1.43 bits per heavy atom. The van der Waals surface area contributed by atoms with Gasteiger partial charge in [0.05, 0.1) is 18.6 Å². The van der Waals surface area contributed by atoms with Crippen LogP contribution in [0.1, 0.15) is 90.9 Å². The standard InChI is InChI=1S/C31H52N2O4/c1-3-5-7-9-11-13-19-32-21-15-17-29(23-32)36-27-31(25-34,26-35)28-37-30-18-16-22-33(24-30)20-14-12-10-8-6-4-2/h15-18,21-24,34-35H,3-14,19-20,25-28H2,1-2H3/q+2. The van der Waals surface area contributed by atoms with Crippen molar-refractivity contribution in [1.29, 1.82) is 0 Å². The van der Waals surface area contributed by atoms with Crippen LogP contribution in [-0.4, -0.2) is 36.6 Å². The molecule has 0 bridgehead atoms. The number of aryl methyl sites for hydroxylation is 2. The van der Waals surface area contributed by atoms with Gasteiger partial charge in [0.15, 0.2) is 23.9 Å². The third kappa shape index (κ3) is 12.8. The summed E-state index contributed by atoms with van der Waals surface area (Å²) in [6.45, 7) is 6.30. The normalized spacial score (nSPS) is 11.6. The molecule has 6 heteroatoms. The molecule has 0 radical (unpaired) electrons. The van der Waals surface area contributed by atoms with Crippen LogP contribution in [0.5, 0.6) is 11.5 Å². The van der Waals surface area contributed by atoms with Crippen molar-refractivity contribution in [2.24, 2.45) is 5.41 Å². The SMILES string of the molecule is CCCCCCCC[n+]1cccc(OCC(CO)(CO)COc2ccc[n+](CCCCCCCC)c2)c1. The van der Waals surface area contributed by atoms with E-state index >= 15 is 0 Å². The highest BCUT2D eigenvalue weighted by Crippen LogP contribution is 2.21. The molecule has 0 aliphatic heterocycles. The number of aliphatic hydroxyl groups excluding tert-OH is 2. The highest BCUT2D eigenvalue weighted by atomic mass is 16.5. The van der Waals surface area contributed by atoms with Crippen LogP contribution in [0, 0.1) is 5.41 Å². The lowest BCUT2D eigenvalue weighted by atomic mass is 9.92. The van der Waals surface area contributed by atoms with E-state index in [0.717, 1.165) is 37.4 Å². The molecule has 0 aliphatic rings. The second kappa shape index (κ2) is 19.0. The molecule has 0 spiro atoms. The molecular formula is C31H52N2O4+2. The van der Waals surface area contributed by atoms with Gasteiger partial charge in [-0.05, 0) is 25.0 Å². The van der Waals surface area contributed by atoms with E-state index < -0.39 is 5.41 Å². The molecule has 0 fully saturated rings. The van der Waals surface area contributed by atoms with Crippen molar-refractivity contribution < 1.29 is 28.8 Å². The Labute approximate surface area is 225 Å². The lowest BCUT2D eigenvalue weighted by molar-refractivity contribution is -0.697. The van der Waals surface area contributed by atoms with Gasteiger partial charge >= 0.3 is 0 Å². The molecule has 0 unspecified atom stereocenters. The predicted octanol–water partition coefficient (Wildman–Crippen LogP) is 5.41. The van der Waals surface area contributed by atoms with Gasteiger partial charge in [0.25, 0.3) is 0 Å². The van der Waals surface area contributed by atoms with Gasteiger partial charge in [-0.15, -0.1) is 0 Å². The van der Waals surface area contributed by atoms with E-state index in [4.69, 9.17) is 9.47 Å². The Morgan fingerprint density at radius 1 is 0.622 bits per heavy atom. The van der Waals surface area contributed by atoms with Gasteiger partial charge in [-0.25, -0.2) is 9.13 Å². The lowest BCUT2D eigenvalue weighted by Gasteiger charge is -2.29. The molecule has 0 saturated carbocycles. The second-order valence-electron chi connectivity index (χ2n) is 10.5. The van der Waals surface area contributed by atoms with Crippen molar-refractivity contribution in [3.63, 3.8) is 0 Å². The van der Waals surface area contributed by atoms with Crippen molar-refractivity contribution >= 4 is 0 Å². The Bertz CT molecular complexity index is 776. The monoisotopic (exact) mass is 516 g/mol. The molecule has 0 amide bonds. The van der Waals surface area contributed by atoms with Gasteiger partial charge in [0.1, 0.15) is 26.3 Å². The van der Waals surface area contributed by atoms with Crippen LogP contribution in [0.2, 0.25) is 0 Å². The van der Waals surface area contributed by atoms with Crippen LogP contribution in [0.25, 0.3) is 0 Å². The maximum absolute atomic E-state index is 10.1. The first-order valence-electron chi connectivity index (χ1n) is 14.6. The number of hydrogen-bond donors (Lipinski definition) is 2. The van der Waals surface area contributed by atoms with Gasteiger partial charge in [-0.3, -0.25) is 0 Å². The maximum Gasteiger partial charge on any atom is 0.211 e. The molecule has 0 saturated heterocycles. The van der Waals surface area contributed by atoms with Crippen LogP contribution in [0.3, 0.4) is 0 Å². The van der Waals surface area contributed by atoms with E-state index in [1.54, 1.807) is 0 Å². The maximum atomic E-state index is 10.1. The largest absolute Gasteiger partial charge is 0.487 e. The molecule has 2 heterocycles. The van der Waals surface area contributed by atoms with E-state index in [1.165, 1.54) is 64.2 Å². The van der Waals surface area contributed by atoms with E-state index in [2.05, 4.69) is 35.4 Å². The van der Waals surface area contributed by atoms with Crippen LogP contribution >= 0.6 is 0 Å². The van der Waals surface area contributed by atoms with E-state index in [9.17, 15) is 10.2 Å². The Hall–Kier alpha value is -2.18.